The van der Waals surface area contributed by atoms with Crippen LogP contribution in [0.4, 0.5) is 8.78 Å². The first-order valence-corrected chi connectivity index (χ1v) is 9.64. The van der Waals surface area contributed by atoms with E-state index in [1.807, 2.05) is 0 Å². The van der Waals surface area contributed by atoms with Gasteiger partial charge in [0.2, 0.25) is 0 Å². The Morgan fingerprint density at radius 1 is 1.07 bits per heavy atom. The number of ether oxygens (including phenoxy) is 1. The number of hydrogen-bond acceptors (Lipinski definition) is 3. The first kappa shape index (κ1) is 20.3. The summed E-state index contributed by atoms with van der Waals surface area (Å²) < 4.78 is 31.9. The largest absolute Gasteiger partial charge is 0.483 e. The van der Waals surface area contributed by atoms with Crippen LogP contribution in [0.3, 0.4) is 0 Å². The number of nitrogens with zero attached hydrogens (tertiary/aromatic N) is 1. The van der Waals surface area contributed by atoms with Gasteiger partial charge in [-0.3, -0.25) is 9.59 Å². The van der Waals surface area contributed by atoms with Gasteiger partial charge in [-0.05, 0) is 71.2 Å². The third-order valence-corrected chi connectivity index (χ3v) is 5.15. The van der Waals surface area contributed by atoms with Crippen LogP contribution in [0.2, 0.25) is 0 Å². The standard InChI is InChI=1S/C20H19BrF2N2O3/c21-17-11-15(23)5-6-18(17)28-12-19(26)25-9-7-16(8-10-25)24-20(27)13-1-3-14(22)4-2-13/h1-6,11,16H,7-10,12H2,(H,24,27). The van der Waals surface area contributed by atoms with E-state index in [-0.39, 0.29) is 24.5 Å². The summed E-state index contributed by atoms with van der Waals surface area (Å²) in [7, 11) is 0. The van der Waals surface area contributed by atoms with Gasteiger partial charge in [-0.25, -0.2) is 8.78 Å². The lowest BCUT2D eigenvalue weighted by molar-refractivity contribution is -0.134. The minimum Gasteiger partial charge on any atom is -0.483 e. The van der Waals surface area contributed by atoms with Gasteiger partial charge in [0.05, 0.1) is 4.47 Å². The van der Waals surface area contributed by atoms with E-state index in [4.69, 9.17) is 4.74 Å². The fraction of sp³-hybridized carbons (Fsp3) is 0.300. The highest BCUT2D eigenvalue weighted by molar-refractivity contribution is 9.10. The Balaban J connectivity index is 1.44. The molecular formula is C20H19BrF2N2O3. The van der Waals surface area contributed by atoms with Gasteiger partial charge in [0.1, 0.15) is 17.4 Å². The van der Waals surface area contributed by atoms with E-state index in [0.29, 0.717) is 41.7 Å². The Kier molecular flexibility index (Phi) is 6.61. The molecule has 0 atom stereocenters. The normalized spacial score (nSPS) is 14.6. The van der Waals surface area contributed by atoms with Crippen molar-refractivity contribution in [1.29, 1.82) is 0 Å². The Bertz CT molecular complexity index is 853. The second-order valence-corrected chi connectivity index (χ2v) is 7.35. The monoisotopic (exact) mass is 452 g/mol. The van der Waals surface area contributed by atoms with E-state index in [1.165, 1.54) is 42.5 Å². The molecule has 3 rings (SSSR count). The highest BCUT2D eigenvalue weighted by atomic mass is 79.9. The molecule has 2 aromatic rings. The average molecular weight is 453 g/mol. The van der Waals surface area contributed by atoms with E-state index in [1.54, 1.807) is 4.90 Å². The topological polar surface area (TPSA) is 58.6 Å². The van der Waals surface area contributed by atoms with Crippen LogP contribution in [0.25, 0.3) is 0 Å². The van der Waals surface area contributed by atoms with Crippen LogP contribution in [0, 0.1) is 11.6 Å². The van der Waals surface area contributed by atoms with E-state index in [0.717, 1.165) is 0 Å². The number of piperidine rings is 1. The van der Waals surface area contributed by atoms with Gasteiger partial charge in [-0.15, -0.1) is 0 Å². The van der Waals surface area contributed by atoms with E-state index < -0.39 is 11.6 Å². The minimum absolute atomic E-state index is 0.0474. The summed E-state index contributed by atoms with van der Waals surface area (Å²) >= 11 is 3.20. The van der Waals surface area contributed by atoms with Gasteiger partial charge in [-0.1, -0.05) is 0 Å². The molecule has 8 heteroatoms. The van der Waals surface area contributed by atoms with Crippen LogP contribution in [0.15, 0.2) is 46.9 Å². The van der Waals surface area contributed by atoms with Crippen molar-refractivity contribution in [3.63, 3.8) is 0 Å². The summed E-state index contributed by atoms with van der Waals surface area (Å²) in [6, 6.07) is 9.32. The molecule has 0 bridgehead atoms. The van der Waals surface area contributed by atoms with Crippen LogP contribution >= 0.6 is 15.9 Å². The average Bonchev–Trinajstić information content (AvgIpc) is 2.68. The number of halogens is 3. The lowest BCUT2D eigenvalue weighted by Crippen LogP contribution is -2.47. The third-order valence-electron chi connectivity index (χ3n) is 4.53. The molecule has 1 N–H and O–H groups in total. The summed E-state index contributed by atoms with van der Waals surface area (Å²) in [5.41, 5.74) is 0.401. The van der Waals surface area contributed by atoms with Crippen molar-refractivity contribution in [1.82, 2.24) is 10.2 Å². The molecule has 1 aliphatic rings. The molecular weight excluding hydrogens is 434 g/mol. The van der Waals surface area contributed by atoms with Crippen molar-refractivity contribution >= 4 is 27.7 Å². The summed E-state index contributed by atoms with van der Waals surface area (Å²) in [5, 5.41) is 2.91. The van der Waals surface area contributed by atoms with Crippen molar-refractivity contribution in [3.05, 3.63) is 64.1 Å². The predicted octanol–water partition coefficient (Wildman–Crippen LogP) is 3.53. The van der Waals surface area contributed by atoms with Gasteiger partial charge in [-0.2, -0.15) is 0 Å². The summed E-state index contributed by atoms with van der Waals surface area (Å²) in [5.74, 6) is -0.807. The van der Waals surface area contributed by atoms with Gasteiger partial charge >= 0.3 is 0 Å². The summed E-state index contributed by atoms with van der Waals surface area (Å²) in [6.45, 7) is 0.860. The Morgan fingerprint density at radius 2 is 1.71 bits per heavy atom. The second kappa shape index (κ2) is 9.14. The lowest BCUT2D eigenvalue weighted by Gasteiger charge is -2.32. The molecule has 0 saturated carbocycles. The third kappa shape index (κ3) is 5.28. The van der Waals surface area contributed by atoms with E-state index >= 15 is 0 Å². The van der Waals surface area contributed by atoms with E-state index in [9.17, 15) is 18.4 Å². The fourth-order valence-corrected chi connectivity index (χ4v) is 3.43. The van der Waals surface area contributed by atoms with Crippen molar-refractivity contribution in [2.24, 2.45) is 0 Å². The number of rotatable bonds is 5. The molecule has 1 fully saturated rings. The molecule has 148 valence electrons. The Hall–Kier alpha value is -2.48. The van der Waals surface area contributed by atoms with E-state index in [2.05, 4.69) is 21.2 Å². The first-order chi connectivity index (χ1) is 13.4. The summed E-state index contributed by atoms with van der Waals surface area (Å²) in [6.07, 6.45) is 1.25. The molecule has 0 unspecified atom stereocenters. The number of carbonyl (C=O) groups is 2. The molecule has 28 heavy (non-hydrogen) atoms. The van der Waals surface area contributed by atoms with Crippen LogP contribution < -0.4 is 10.1 Å². The Morgan fingerprint density at radius 3 is 2.36 bits per heavy atom. The fourth-order valence-electron chi connectivity index (χ4n) is 2.97. The zero-order chi connectivity index (χ0) is 20.1. The molecule has 2 aromatic carbocycles. The molecule has 0 aliphatic carbocycles. The lowest BCUT2D eigenvalue weighted by atomic mass is 10.0. The smallest absolute Gasteiger partial charge is 0.260 e. The molecule has 0 aromatic heterocycles. The predicted molar refractivity (Wildman–Crippen MR) is 103 cm³/mol. The molecule has 2 amide bonds. The highest BCUT2D eigenvalue weighted by Gasteiger charge is 2.24. The van der Waals surface area contributed by atoms with Crippen LogP contribution in [0.5, 0.6) is 5.75 Å². The van der Waals surface area contributed by atoms with Crippen molar-refractivity contribution in [2.75, 3.05) is 19.7 Å². The maximum absolute atomic E-state index is 13.1. The zero-order valence-electron chi connectivity index (χ0n) is 15.0. The Labute approximate surface area is 169 Å². The quantitative estimate of drug-likeness (QED) is 0.754. The highest BCUT2D eigenvalue weighted by Crippen LogP contribution is 2.25. The van der Waals surface area contributed by atoms with Crippen molar-refractivity contribution < 1.29 is 23.1 Å². The number of hydrogen-bond donors (Lipinski definition) is 1. The number of likely N-dealkylation sites (tertiary alicyclic amines) is 1. The van der Waals surface area contributed by atoms with Gasteiger partial charge in [0, 0.05) is 24.7 Å². The number of benzene rings is 2. The second-order valence-electron chi connectivity index (χ2n) is 6.50. The zero-order valence-corrected chi connectivity index (χ0v) is 16.5. The van der Waals surface area contributed by atoms with Gasteiger partial charge in [0.25, 0.3) is 11.8 Å². The molecule has 5 nitrogen and oxygen atoms in total. The van der Waals surface area contributed by atoms with Crippen molar-refractivity contribution in [2.45, 2.75) is 18.9 Å². The van der Waals surface area contributed by atoms with Crippen LogP contribution in [-0.4, -0.2) is 42.5 Å². The molecule has 1 saturated heterocycles. The minimum atomic E-state index is -0.393. The molecule has 1 heterocycles. The van der Waals surface area contributed by atoms with Gasteiger partial charge < -0.3 is 15.0 Å². The number of amides is 2. The maximum Gasteiger partial charge on any atom is 0.260 e. The first-order valence-electron chi connectivity index (χ1n) is 8.84. The maximum atomic E-state index is 13.1. The molecule has 1 aliphatic heterocycles. The van der Waals surface area contributed by atoms with Gasteiger partial charge in [0.15, 0.2) is 6.61 Å². The molecule has 0 spiro atoms. The number of nitrogens with one attached hydrogen (secondary N) is 1. The van der Waals surface area contributed by atoms with Crippen molar-refractivity contribution in [3.8, 4) is 5.75 Å². The molecule has 0 radical (unpaired) electrons. The number of carbonyl (C=O) groups excluding carboxylic acids is 2. The van der Waals surface area contributed by atoms with Crippen LogP contribution in [0.1, 0.15) is 23.2 Å². The van der Waals surface area contributed by atoms with Crippen LogP contribution in [-0.2, 0) is 4.79 Å². The summed E-state index contributed by atoms with van der Waals surface area (Å²) in [4.78, 5) is 26.2. The SMILES string of the molecule is O=C(NC1CCN(C(=O)COc2ccc(F)cc2Br)CC1)c1ccc(F)cc1.